The van der Waals surface area contributed by atoms with Gasteiger partial charge in [-0.15, -0.1) is 0 Å². The first-order valence-electron chi connectivity index (χ1n) is 22.8. The summed E-state index contributed by atoms with van der Waals surface area (Å²) in [6.45, 7) is 10.4. The number of nitrogens with one attached hydrogen (secondary N) is 3. The smallest absolute Gasteiger partial charge is 0.293 e. The molecule has 5 aromatic rings. The van der Waals surface area contributed by atoms with Gasteiger partial charge in [-0.2, -0.15) is 10.2 Å². The van der Waals surface area contributed by atoms with Gasteiger partial charge in [0.05, 0.1) is 39.2 Å². The van der Waals surface area contributed by atoms with E-state index in [1.54, 1.807) is 12.3 Å². The summed E-state index contributed by atoms with van der Waals surface area (Å²) in [5.74, 6) is -0.531. The Morgan fingerprint density at radius 1 is 0.970 bits per heavy atom. The molecular weight excluding hydrogens is 894 g/mol. The lowest BCUT2D eigenvalue weighted by Gasteiger charge is -2.39. The molecule has 3 aliphatic heterocycles. The summed E-state index contributed by atoms with van der Waals surface area (Å²) in [5.41, 5.74) is 5.77. The molecule has 0 spiro atoms. The minimum absolute atomic E-state index is 0.0556. The molecule has 2 aromatic heterocycles. The van der Waals surface area contributed by atoms with Crippen molar-refractivity contribution in [2.24, 2.45) is 10.8 Å². The van der Waals surface area contributed by atoms with Crippen LogP contribution in [-0.4, -0.2) is 99.8 Å². The van der Waals surface area contributed by atoms with Crippen LogP contribution in [0.1, 0.15) is 68.3 Å². The number of hydrogen-bond acceptors (Lipinski definition) is 13. The molecule has 2 fully saturated rings. The first-order valence-corrected chi connectivity index (χ1v) is 24.6. The molecule has 1 aliphatic carbocycles. The van der Waals surface area contributed by atoms with Crippen molar-refractivity contribution >= 4 is 72.6 Å². The highest BCUT2D eigenvalue weighted by Gasteiger charge is 2.35. The number of rotatable bonds is 12. The van der Waals surface area contributed by atoms with Crippen molar-refractivity contribution in [2.45, 2.75) is 57.3 Å². The number of benzene rings is 3. The number of piperazine rings is 1. The fourth-order valence-electron chi connectivity index (χ4n) is 9.62. The first-order chi connectivity index (χ1) is 32.2. The molecule has 0 radical (unpaired) electrons. The lowest BCUT2D eigenvalue weighted by atomic mass is 9.72. The number of fused-ring (bicyclic) bond motifs is 2. The highest BCUT2D eigenvalue weighted by atomic mass is 35.5. The van der Waals surface area contributed by atoms with Gasteiger partial charge in [0.1, 0.15) is 17.0 Å². The zero-order chi connectivity index (χ0) is 46.9. The van der Waals surface area contributed by atoms with Gasteiger partial charge in [-0.05, 0) is 110 Å². The number of halogens is 1. The number of aromatic amines is 1. The number of nitriles is 1. The van der Waals surface area contributed by atoms with Crippen molar-refractivity contribution in [3.05, 3.63) is 111 Å². The molecule has 0 saturated carbocycles. The number of nitro benzene ring substituents is 1. The van der Waals surface area contributed by atoms with Gasteiger partial charge in [0, 0.05) is 87.4 Å². The van der Waals surface area contributed by atoms with Gasteiger partial charge in [-0.25, -0.2) is 13.1 Å². The quantitative estimate of drug-likeness (QED) is 0.0794. The Bertz CT molecular complexity index is 2880. The van der Waals surface area contributed by atoms with Gasteiger partial charge in [0.15, 0.2) is 0 Å². The molecule has 3 aromatic carbocycles. The Hall–Kier alpha value is -6.19. The zero-order valence-electron chi connectivity index (χ0n) is 37.6. The second kappa shape index (κ2) is 18.8. The van der Waals surface area contributed by atoms with Crippen molar-refractivity contribution in [1.82, 2.24) is 19.6 Å². The van der Waals surface area contributed by atoms with Crippen molar-refractivity contribution in [1.29, 1.82) is 5.26 Å². The van der Waals surface area contributed by atoms with Crippen LogP contribution in [0.5, 0.6) is 5.88 Å². The average Bonchev–Trinajstić information content (AvgIpc) is 3.69. The van der Waals surface area contributed by atoms with E-state index in [1.807, 2.05) is 41.3 Å². The fourth-order valence-corrected chi connectivity index (χ4v) is 10.7. The number of ether oxygens (including phenoxy) is 2. The van der Waals surface area contributed by atoms with E-state index < -0.39 is 36.9 Å². The van der Waals surface area contributed by atoms with E-state index in [9.17, 15) is 28.6 Å². The Balaban J connectivity index is 0.988. The summed E-state index contributed by atoms with van der Waals surface area (Å²) in [6, 6.07) is 23.2. The SMILES string of the molecule is CC1(C)CCC(CN2CCN(c3ccc(C(=O)NS(=O)(=O)c4ccc(NCC5(C#N)CCOCC5)c([N+](=O)[O-])c4)c(N4CCCOc5nc6[nH]ccc6cc54)c3)CC2)=C(c2ccc(Cl)cc2)C1. The van der Waals surface area contributed by atoms with Gasteiger partial charge in [0.25, 0.3) is 21.6 Å². The minimum Gasteiger partial charge on any atom is -0.476 e. The van der Waals surface area contributed by atoms with Gasteiger partial charge in [-0.3, -0.25) is 19.8 Å². The maximum atomic E-state index is 14.4. The number of nitro groups is 1. The number of hydrogen-bond donors (Lipinski definition) is 3. The minimum atomic E-state index is -4.63. The molecule has 67 heavy (non-hydrogen) atoms. The highest BCUT2D eigenvalue weighted by molar-refractivity contribution is 7.90. The molecule has 4 aliphatic rings. The van der Waals surface area contributed by atoms with E-state index in [4.69, 9.17) is 26.1 Å². The number of aromatic nitrogens is 2. The topological polar surface area (TPSA) is 199 Å². The van der Waals surface area contributed by atoms with E-state index in [0.717, 1.165) is 74.1 Å². The largest absolute Gasteiger partial charge is 0.476 e. The number of sulfonamides is 1. The number of pyridine rings is 1. The monoisotopic (exact) mass is 947 g/mol. The highest BCUT2D eigenvalue weighted by Crippen LogP contribution is 2.44. The Kier molecular flexibility index (Phi) is 12.9. The summed E-state index contributed by atoms with van der Waals surface area (Å²) in [6.07, 6.45) is 6.46. The molecule has 3 N–H and O–H groups in total. The van der Waals surface area contributed by atoms with Crippen LogP contribution in [0.3, 0.4) is 0 Å². The van der Waals surface area contributed by atoms with E-state index >= 15 is 0 Å². The Morgan fingerprint density at radius 3 is 2.49 bits per heavy atom. The standard InChI is InChI=1S/C49H54ClN9O7S/c1-48(2)14-12-35(40(29-48)33-4-6-36(50)7-5-33)30-56-19-21-57(22-20-56)37-8-10-39(42(27-37)58-18-3-23-66-47-44(58)26-34-13-17-52-45(34)54-47)46(60)55-67(63,64)38-9-11-41(43(28-38)59(61)62)53-32-49(31-51)15-24-65-25-16-49/h4-11,13,17,26-28,53H,3,12,14-16,18-25,29-30,32H2,1-2H3,(H,52,54)(H,55,60). The summed E-state index contributed by atoms with van der Waals surface area (Å²) in [5, 5.41) is 26.7. The van der Waals surface area contributed by atoms with Crippen LogP contribution in [0, 0.1) is 32.3 Å². The molecule has 9 rings (SSSR count). The number of carbonyl (C=O) groups is 1. The number of amides is 1. The molecule has 0 unspecified atom stereocenters. The number of H-pyrrole nitrogens is 1. The van der Waals surface area contributed by atoms with Crippen molar-refractivity contribution < 1.29 is 27.6 Å². The lowest BCUT2D eigenvalue weighted by Crippen LogP contribution is -2.47. The zero-order valence-corrected chi connectivity index (χ0v) is 39.2. The van der Waals surface area contributed by atoms with E-state index in [2.05, 4.69) is 56.9 Å². The van der Waals surface area contributed by atoms with Gasteiger partial charge >= 0.3 is 0 Å². The molecule has 0 bridgehead atoms. The average molecular weight is 949 g/mol. The number of nitrogens with zero attached hydrogens (tertiary/aromatic N) is 6. The summed E-state index contributed by atoms with van der Waals surface area (Å²) >= 11 is 6.27. The Morgan fingerprint density at radius 2 is 1.75 bits per heavy atom. The first kappa shape index (κ1) is 45.9. The van der Waals surface area contributed by atoms with Crippen LogP contribution in [-0.2, 0) is 14.8 Å². The van der Waals surface area contributed by atoms with Gasteiger partial charge in [0.2, 0.25) is 5.88 Å². The number of anilines is 4. The second-order valence-corrected chi connectivity index (χ2v) is 20.8. The third-order valence-electron chi connectivity index (χ3n) is 13.6. The number of allylic oxidation sites excluding steroid dienone is 1. The summed E-state index contributed by atoms with van der Waals surface area (Å²) < 4.78 is 41.7. The van der Waals surface area contributed by atoms with E-state index in [-0.39, 0.29) is 23.2 Å². The maximum Gasteiger partial charge on any atom is 0.293 e. The van der Waals surface area contributed by atoms with Gasteiger partial charge < -0.3 is 29.6 Å². The fraction of sp³-hybridized carbons (Fsp3) is 0.408. The third kappa shape index (κ3) is 9.94. The maximum absolute atomic E-state index is 14.4. The van der Waals surface area contributed by atoms with Crippen LogP contribution in [0.25, 0.3) is 16.6 Å². The van der Waals surface area contributed by atoms with Gasteiger partial charge in [-0.1, -0.05) is 43.2 Å². The molecular formula is C49H54ClN9O7S. The second-order valence-electron chi connectivity index (χ2n) is 18.7. The normalized spacial score (nSPS) is 18.7. The molecule has 350 valence electrons. The lowest BCUT2D eigenvalue weighted by molar-refractivity contribution is -0.384. The van der Waals surface area contributed by atoms with E-state index in [1.165, 1.54) is 28.8 Å². The van der Waals surface area contributed by atoms with Crippen LogP contribution in [0.15, 0.2) is 89.5 Å². The molecule has 5 heterocycles. The molecule has 2 saturated heterocycles. The summed E-state index contributed by atoms with van der Waals surface area (Å²) in [7, 11) is -4.63. The molecule has 1 amide bonds. The van der Waals surface area contributed by atoms with Crippen molar-refractivity contribution in [3.63, 3.8) is 0 Å². The molecule has 18 heteroatoms. The predicted molar refractivity (Wildman–Crippen MR) is 259 cm³/mol. The summed E-state index contributed by atoms with van der Waals surface area (Å²) in [4.78, 5) is 40.2. The number of carbonyl (C=O) groups excluding carboxylic acids is 1. The van der Waals surface area contributed by atoms with Crippen LogP contribution in [0.2, 0.25) is 5.02 Å². The van der Waals surface area contributed by atoms with Crippen LogP contribution in [0.4, 0.5) is 28.4 Å². The molecule has 16 nitrogen and oxygen atoms in total. The Labute approximate surface area is 395 Å². The molecule has 0 atom stereocenters. The predicted octanol–water partition coefficient (Wildman–Crippen LogP) is 8.68. The van der Waals surface area contributed by atoms with Crippen molar-refractivity contribution in [2.75, 3.05) is 80.8 Å². The third-order valence-corrected chi connectivity index (χ3v) is 15.2. The van der Waals surface area contributed by atoms with E-state index in [0.29, 0.717) is 68.5 Å². The van der Waals surface area contributed by atoms with Crippen LogP contribution >= 0.6 is 11.6 Å². The van der Waals surface area contributed by atoms with Crippen molar-refractivity contribution in [3.8, 4) is 11.9 Å². The van der Waals surface area contributed by atoms with Crippen LogP contribution < -0.4 is 24.6 Å².